The van der Waals surface area contributed by atoms with Crippen LogP contribution in [-0.2, 0) is 0 Å². The van der Waals surface area contributed by atoms with Crippen molar-refractivity contribution in [1.29, 1.82) is 0 Å². The van der Waals surface area contributed by atoms with Crippen LogP contribution in [0, 0.1) is 0 Å². The fourth-order valence-electron chi connectivity index (χ4n) is 2.27. The van der Waals surface area contributed by atoms with Crippen LogP contribution in [0.25, 0.3) is 0 Å². The van der Waals surface area contributed by atoms with Crippen molar-refractivity contribution in [2.45, 2.75) is 32.1 Å². The number of thiocarbonyl (C=S) groups is 1. The van der Waals surface area contributed by atoms with Gasteiger partial charge in [-0.2, -0.15) is 0 Å². The lowest BCUT2D eigenvalue weighted by molar-refractivity contribution is 0.340. The summed E-state index contributed by atoms with van der Waals surface area (Å²) < 4.78 is 0. The van der Waals surface area contributed by atoms with E-state index in [2.05, 4.69) is 42.2 Å². The van der Waals surface area contributed by atoms with Gasteiger partial charge in [0.15, 0.2) is 0 Å². The monoisotopic (exact) mass is 233 g/mol. The van der Waals surface area contributed by atoms with Gasteiger partial charge in [-0.15, -0.1) is 0 Å². The molecule has 1 unspecified atom stereocenters. The molecule has 1 aromatic rings. The predicted molar refractivity (Wildman–Crippen MR) is 72.9 cm³/mol. The lowest BCUT2D eigenvalue weighted by atomic mass is 9.99. The standard InChI is InChI=1S/C14H19NS/c1-12(13-8-4-2-5-9-13)14(16)15-10-6-3-7-11-15/h2,4-5,8-9,12H,3,6-7,10-11H2,1H3. The van der Waals surface area contributed by atoms with Crippen molar-refractivity contribution < 1.29 is 0 Å². The molecular weight excluding hydrogens is 214 g/mol. The Morgan fingerprint density at radius 3 is 2.38 bits per heavy atom. The largest absolute Gasteiger partial charge is 0.366 e. The fourth-order valence-corrected chi connectivity index (χ4v) is 2.59. The van der Waals surface area contributed by atoms with E-state index in [0.717, 1.165) is 18.1 Å². The maximum atomic E-state index is 5.60. The maximum Gasteiger partial charge on any atom is 0.0852 e. The molecule has 2 rings (SSSR count). The summed E-state index contributed by atoms with van der Waals surface area (Å²) in [4.78, 5) is 3.50. The lowest BCUT2D eigenvalue weighted by Crippen LogP contribution is -2.36. The van der Waals surface area contributed by atoms with Crippen molar-refractivity contribution >= 4 is 17.2 Å². The first-order valence-electron chi connectivity index (χ1n) is 6.13. The zero-order valence-corrected chi connectivity index (χ0v) is 10.7. The zero-order valence-electron chi connectivity index (χ0n) is 9.86. The number of rotatable bonds is 2. The van der Waals surface area contributed by atoms with Crippen LogP contribution < -0.4 is 0 Å². The molecule has 1 aliphatic rings. The van der Waals surface area contributed by atoms with Crippen molar-refractivity contribution in [3.8, 4) is 0 Å². The molecule has 0 N–H and O–H groups in total. The van der Waals surface area contributed by atoms with E-state index in [1.807, 2.05) is 0 Å². The predicted octanol–water partition coefficient (Wildman–Crippen LogP) is 3.60. The molecule has 0 radical (unpaired) electrons. The van der Waals surface area contributed by atoms with Crippen molar-refractivity contribution in [1.82, 2.24) is 4.90 Å². The van der Waals surface area contributed by atoms with E-state index >= 15 is 0 Å². The van der Waals surface area contributed by atoms with Gasteiger partial charge in [0.05, 0.1) is 4.99 Å². The summed E-state index contributed by atoms with van der Waals surface area (Å²) in [6.45, 7) is 4.51. The van der Waals surface area contributed by atoms with Crippen LogP contribution >= 0.6 is 12.2 Å². The molecular formula is C14H19NS. The highest BCUT2D eigenvalue weighted by molar-refractivity contribution is 7.80. The van der Waals surface area contributed by atoms with Crippen molar-refractivity contribution in [2.24, 2.45) is 0 Å². The van der Waals surface area contributed by atoms with Crippen LogP contribution in [0.3, 0.4) is 0 Å². The van der Waals surface area contributed by atoms with Gasteiger partial charge in [-0.05, 0) is 24.8 Å². The molecule has 0 saturated carbocycles. The first-order valence-corrected chi connectivity index (χ1v) is 6.53. The number of nitrogens with zero attached hydrogens (tertiary/aromatic N) is 1. The van der Waals surface area contributed by atoms with Crippen molar-refractivity contribution in [3.63, 3.8) is 0 Å². The molecule has 16 heavy (non-hydrogen) atoms. The molecule has 1 aliphatic heterocycles. The molecule has 1 aromatic carbocycles. The molecule has 0 amide bonds. The van der Waals surface area contributed by atoms with E-state index in [1.165, 1.54) is 24.8 Å². The molecule has 1 nitrogen and oxygen atoms in total. The molecule has 0 aliphatic carbocycles. The van der Waals surface area contributed by atoms with Gasteiger partial charge in [0.25, 0.3) is 0 Å². The Morgan fingerprint density at radius 1 is 1.12 bits per heavy atom. The minimum atomic E-state index is 0.370. The van der Waals surface area contributed by atoms with Crippen LogP contribution in [0.2, 0.25) is 0 Å². The molecule has 0 bridgehead atoms. The molecule has 1 atom stereocenters. The molecule has 1 fully saturated rings. The summed E-state index contributed by atoms with van der Waals surface area (Å²) in [5.74, 6) is 0.370. The summed E-state index contributed by atoms with van der Waals surface area (Å²) in [7, 11) is 0. The first kappa shape index (κ1) is 11.6. The maximum absolute atomic E-state index is 5.60. The Kier molecular flexibility index (Phi) is 3.94. The van der Waals surface area contributed by atoms with Gasteiger partial charge in [0.1, 0.15) is 0 Å². The van der Waals surface area contributed by atoms with E-state index in [1.54, 1.807) is 0 Å². The molecule has 2 heteroatoms. The van der Waals surface area contributed by atoms with Crippen LogP contribution in [-0.4, -0.2) is 23.0 Å². The molecule has 0 spiro atoms. The summed E-state index contributed by atoms with van der Waals surface area (Å²) in [6, 6.07) is 10.6. The lowest BCUT2D eigenvalue weighted by Gasteiger charge is -2.32. The van der Waals surface area contributed by atoms with Gasteiger partial charge in [0, 0.05) is 19.0 Å². The fraction of sp³-hybridized carbons (Fsp3) is 0.500. The van der Waals surface area contributed by atoms with E-state index in [-0.39, 0.29) is 0 Å². The smallest absolute Gasteiger partial charge is 0.0852 e. The van der Waals surface area contributed by atoms with E-state index in [9.17, 15) is 0 Å². The van der Waals surface area contributed by atoms with Crippen LogP contribution in [0.15, 0.2) is 30.3 Å². The highest BCUT2D eigenvalue weighted by atomic mass is 32.1. The second-order valence-electron chi connectivity index (χ2n) is 4.52. The molecule has 1 heterocycles. The third-order valence-electron chi connectivity index (χ3n) is 3.34. The number of piperidine rings is 1. The Balaban J connectivity index is 2.04. The summed E-state index contributed by atoms with van der Waals surface area (Å²) >= 11 is 5.60. The number of hydrogen-bond donors (Lipinski definition) is 0. The van der Waals surface area contributed by atoms with Crippen LogP contribution in [0.4, 0.5) is 0 Å². The molecule has 1 saturated heterocycles. The molecule has 0 aromatic heterocycles. The van der Waals surface area contributed by atoms with Gasteiger partial charge < -0.3 is 4.90 Å². The first-order chi connectivity index (χ1) is 7.79. The minimum Gasteiger partial charge on any atom is -0.366 e. The van der Waals surface area contributed by atoms with Crippen LogP contribution in [0.1, 0.15) is 37.7 Å². The van der Waals surface area contributed by atoms with E-state index < -0.39 is 0 Å². The average molecular weight is 233 g/mol. The van der Waals surface area contributed by atoms with E-state index in [4.69, 9.17) is 12.2 Å². The van der Waals surface area contributed by atoms with Gasteiger partial charge >= 0.3 is 0 Å². The second-order valence-corrected chi connectivity index (χ2v) is 4.94. The topological polar surface area (TPSA) is 3.24 Å². The summed E-state index contributed by atoms with van der Waals surface area (Å²) in [5.41, 5.74) is 1.33. The second kappa shape index (κ2) is 5.44. The Bertz CT molecular complexity index is 341. The van der Waals surface area contributed by atoms with E-state index in [0.29, 0.717) is 5.92 Å². The summed E-state index contributed by atoms with van der Waals surface area (Å²) in [6.07, 6.45) is 3.95. The SMILES string of the molecule is CC(C(=S)N1CCCCC1)c1ccccc1. The highest BCUT2D eigenvalue weighted by Crippen LogP contribution is 2.21. The number of hydrogen-bond acceptors (Lipinski definition) is 1. The number of benzene rings is 1. The van der Waals surface area contributed by atoms with Gasteiger partial charge in [-0.1, -0.05) is 49.5 Å². The Hall–Kier alpha value is -0.890. The van der Waals surface area contributed by atoms with Gasteiger partial charge in [-0.3, -0.25) is 0 Å². The van der Waals surface area contributed by atoms with Crippen molar-refractivity contribution in [3.05, 3.63) is 35.9 Å². The summed E-state index contributed by atoms with van der Waals surface area (Å²) in [5, 5.41) is 0. The quantitative estimate of drug-likeness (QED) is 0.718. The third-order valence-corrected chi connectivity index (χ3v) is 3.95. The normalized spacial score (nSPS) is 18.2. The highest BCUT2D eigenvalue weighted by Gasteiger charge is 2.19. The minimum absolute atomic E-state index is 0.370. The third kappa shape index (κ3) is 2.62. The number of likely N-dealkylation sites (tertiary alicyclic amines) is 1. The Labute approximate surface area is 103 Å². The average Bonchev–Trinajstić information content (AvgIpc) is 2.39. The van der Waals surface area contributed by atoms with Crippen LogP contribution in [0.5, 0.6) is 0 Å². The van der Waals surface area contributed by atoms with Crippen molar-refractivity contribution in [2.75, 3.05) is 13.1 Å². The van der Waals surface area contributed by atoms with Gasteiger partial charge in [-0.25, -0.2) is 0 Å². The van der Waals surface area contributed by atoms with Gasteiger partial charge in [0.2, 0.25) is 0 Å². The zero-order chi connectivity index (χ0) is 11.4. The molecule has 86 valence electrons. The Morgan fingerprint density at radius 2 is 1.75 bits per heavy atom.